The highest BCUT2D eigenvalue weighted by Gasteiger charge is 2.45. The number of aromatic amines is 1. The second-order valence-electron chi connectivity index (χ2n) is 6.56. The molecule has 0 saturated carbocycles. The fraction of sp³-hybridized carbons (Fsp3) is 0.412. The van der Waals surface area contributed by atoms with Crippen LogP contribution in [0.2, 0.25) is 0 Å². The summed E-state index contributed by atoms with van der Waals surface area (Å²) < 4.78 is 2.19. The Balaban J connectivity index is 1.62. The molecule has 22 heavy (non-hydrogen) atoms. The molecule has 2 aliphatic rings. The van der Waals surface area contributed by atoms with Crippen molar-refractivity contribution in [2.24, 2.45) is 0 Å². The van der Waals surface area contributed by atoms with Crippen LogP contribution in [0.25, 0.3) is 22.3 Å². The second kappa shape index (κ2) is 4.20. The van der Waals surface area contributed by atoms with Gasteiger partial charge in [-0.05, 0) is 30.5 Å². The molecule has 0 bridgehead atoms. The smallest absolute Gasteiger partial charge is 0.137 e. The molecule has 0 radical (unpaired) electrons. The van der Waals surface area contributed by atoms with Gasteiger partial charge < -0.3 is 10.3 Å². The van der Waals surface area contributed by atoms with Gasteiger partial charge >= 0.3 is 0 Å². The Morgan fingerprint density at radius 3 is 3.00 bits per heavy atom. The first-order valence-corrected chi connectivity index (χ1v) is 8.04. The fourth-order valence-electron chi connectivity index (χ4n) is 3.88. The van der Waals surface area contributed by atoms with Gasteiger partial charge in [-0.25, -0.2) is 4.98 Å². The number of nitrogens with one attached hydrogen (secondary N) is 2. The van der Waals surface area contributed by atoms with Crippen molar-refractivity contribution in [1.82, 2.24) is 25.1 Å². The van der Waals surface area contributed by atoms with Crippen LogP contribution in [0.5, 0.6) is 0 Å². The van der Waals surface area contributed by atoms with Crippen molar-refractivity contribution in [3.05, 3.63) is 35.8 Å². The van der Waals surface area contributed by atoms with E-state index in [4.69, 9.17) is 5.10 Å². The van der Waals surface area contributed by atoms with E-state index in [1.165, 1.54) is 23.1 Å². The van der Waals surface area contributed by atoms with Gasteiger partial charge in [-0.3, -0.25) is 4.68 Å². The average molecular weight is 293 g/mol. The molecule has 0 amide bonds. The number of aryl methyl sites for hydroxylation is 2. The predicted molar refractivity (Wildman–Crippen MR) is 85.9 cm³/mol. The third-order valence-corrected chi connectivity index (χ3v) is 5.35. The molecule has 0 atom stereocenters. The summed E-state index contributed by atoms with van der Waals surface area (Å²) in [7, 11) is 0. The van der Waals surface area contributed by atoms with Crippen molar-refractivity contribution in [3.8, 4) is 11.3 Å². The lowest BCUT2D eigenvalue weighted by molar-refractivity contribution is 0.276. The molecule has 0 unspecified atom stereocenters. The van der Waals surface area contributed by atoms with Gasteiger partial charge in [0.1, 0.15) is 5.65 Å². The first-order chi connectivity index (χ1) is 10.8. The van der Waals surface area contributed by atoms with Gasteiger partial charge in [0, 0.05) is 54.1 Å². The highest BCUT2D eigenvalue weighted by atomic mass is 15.3. The van der Waals surface area contributed by atoms with Crippen LogP contribution in [0, 0.1) is 0 Å². The summed E-state index contributed by atoms with van der Waals surface area (Å²) in [6.45, 7) is 5.39. The van der Waals surface area contributed by atoms with Crippen molar-refractivity contribution < 1.29 is 0 Å². The molecule has 112 valence electrons. The maximum Gasteiger partial charge on any atom is 0.137 e. The minimum absolute atomic E-state index is 0.339. The molecule has 3 aromatic rings. The lowest BCUT2D eigenvalue weighted by atomic mass is 9.77. The number of pyridine rings is 1. The van der Waals surface area contributed by atoms with Crippen LogP contribution in [0.1, 0.15) is 24.6 Å². The van der Waals surface area contributed by atoms with Crippen LogP contribution < -0.4 is 5.32 Å². The standard InChI is InChI=1S/C17H19N5/c1-2-11-7-19-16-13(11)5-12(8-20-16)14-6-15-17(9-18-10-17)3-4-22(15)21-14/h5-8,18H,2-4,9-10H2,1H3,(H,19,20). The van der Waals surface area contributed by atoms with E-state index in [-0.39, 0.29) is 0 Å². The Kier molecular flexibility index (Phi) is 2.37. The molecule has 1 saturated heterocycles. The van der Waals surface area contributed by atoms with Crippen LogP contribution in [-0.4, -0.2) is 32.8 Å². The first kappa shape index (κ1) is 12.4. The molecule has 2 N–H and O–H groups in total. The van der Waals surface area contributed by atoms with Crippen LogP contribution in [0.15, 0.2) is 24.5 Å². The topological polar surface area (TPSA) is 58.5 Å². The fourth-order valence-corrected chi connectivity index (χ4v) is 3.88. The lowest BCUT2D eigenvalue weighted by Gasteiger charge is -2.38. The summed E-state index contributed by atoms with van der Waals surface area (Å²) in [5.41, 5.74) is 6.18. The normalized spacial score (nSPS) is 18.8. The number of hydrogen-bond acceptors (Lipinski definition) is 3. The summed E-state index contributed by atoms with van der Waals surface area (Å²) in [4.78, 5) is 7.81. The third kappa shape index (κ3) is 1.52. The summed E-state index contributed by atoms with van der Waals surface area (Å²) in [6.07, 6.45) is 6.23. The number of hydrogen-bond donors (Lipinski definition) is 2. The zero-order chi connectivity index (χ0) is 14.7. The number of H-pyrrole nitrogens is 1. The largest absolute Gasteiger partial charge is 0.346 e. The predicted octanol–water partition coefficient (Wildman–Crippen LogP) is 2.23. The van der Waals surface area contributed by atoms with Gasteiger partial charge in [-0.15, -0.1) is 0 Å². The molecule has 5 rings (SSSR count). The molecular formula is C17H19N5. The molecule has 3 aromatic heterocycles. The van der Waals surface area contributed by atoms with Crippen LogP contribution in [-0.2, 0) is 18.4 Å². The quantitative estimate of drug-likeness (QED) is 0.762. The maximum atomic E-state index is 4.82. The molecule has 5 heterocycles. The van der Waals surface area contributed by atoms with Gasteiger partial charge in [0.05, 0.1) is 5.69 Å². The zero-order valence-electron chi connectivity index (χ0n) is 12.7. The number of nitrogens with zero attached hydrogens (tertiary/aromatic N) is 3. The average Bonchev–Trinajstić information content (AvgIpc) is 3.17. The van der Waals surface area contributed by atoms with Gasteiger partial charge in [0.25, 0.3) is 0 Å². The summed E-state index contributed by atoms with van der Waals surface area (Å²) >= 11 is 0. The SMILES string of the molecule is CCc1c[nH]c2ncc(-c3cc4n(n3)CCC43CNC3)cc12. The van der Waals surface area contributed by atoms with Crippen molar-refractivity contribution in [1.29, 1.82) is 0 Å². The number of fused-ring (bicyclic) bond motifs is 3. The van der Waals surface area contributed by atoms with Crippen LogP contribution >= 0.6 is 0 Å². The highest BCUT2D eigenvalue weighted by Crippen LogP contribution is 2.39. The van der Waals surface area contributed by atoms with Crippen LogP contribution in [0.3, 0.4) is 0 Å². The highest BCUT2D eigenvalue weighted by molar-refractivity contribution is 5.84. The van der Waals surface area contributed by atoms with Crippen molar-refractivity contribution in [2.45, 2.75) is 31.7 Å². The maximum absolute atomic E-state index is 4.82. The Bertz CT molecular complexity index is 868. The van der Waals surface area contributed by atoms with E-state index < -0.39 is 0 Å². The Labute approximate surface area is 128 Å². The first-order valence-electron chi connectivity index (χ1n) is 8.04. The third-order valence-electron chi connectivity index (χ3n) is 5.35. The van der Waals surface area contributed by atoms with E-state index in [1.807, 2.05) is 6.20 Å². The Hall–Kier alpha value is -2.14. The molecule has 5 heteroatoms. The molecular weight excluding hydrogens is 274 g/mol. The Morgan fingerprint density at radius 1 is 1.32 bits per heavy atom. The van der Waals surface area contributed by atoms with E-state index in [9.17, 15) is 0 Å². The van der Waals surface area contributed by atoms with E-state index in [1.54, 1.807) is 0 Å². The van der Waals surface area contributed by atoms with Crippen LogP contribution in [0.4, 0.5) is 0 Å². The van der Waals surface area contributed by atoms with E-state index >= 15 is 0 Å². The van der Waals surface area contributed by atoms with E-state index in [0.717, 1.165) is 43.0 Å². The summed E-state index contributed by atoms with van der Waals surface area (Å²) in [5, 5.41) is 9.45. The monoisotopic (exact) mass is 293 g/mol. The Morgan fingerprint density at radius 2 is 2.23 bits per heavy atom. The molecule has 1 fully saturated rings. The summed E-state index contributed by atoms with van der Waals surface area (Å²) in [6, 6.07) is 4.50. The molecule has 0 aromatic carbocycles. The van der Waals surface area contributed by atoms with Crippen molar-refractivity contribution in [2.75, 3.05) is 13.1 Å². The van der Waals surface area contributed by atoms with E-state index in [2.05, 4.69) is 45.2 Å². The summed E-state index contributed by atoms with van der Waals surface area (Å²) in [5.74, 6) is 0. The number of aromatic nitrogens is 4. The molecule has 0 aliphatic carbocycles. The van der Waals surface area contributed by atoms with Gasteiger partial charge in [-0.2, -0.15) is 5.10 Å². The van der Waals surface area contributed by atoms with E-state index in [0.29, 0.717) is 5.41 Å². The number of rotatable bonds is 2. The van der Waals surface area contributed by atoms with Gasteiger partial charge in [0.2, 0.25) is 0 Å². The van der Waals surface area contributed by atoms with Gasteiger partial charge in [0.15, 0.2) is 0 Å². The van der Waals surface area contributed by atoms with Gasteiger partial charge in [-0.1, -0.05) is 6.92 Å². The molecule has 5 nitrogen and oxygen atoms in total. The minimum Gasteiger partial charge on any atom is -0.346 e. The molecule has 2 aliphatic heterocycles. The second-order valence-corrected chi connectivity index (χ2v) is 6.56. The minimum atomic E-state index is 0.339. The van der Waals surface area contributed by atoms with Crippen molar-refractivity contribution in [3.63, 3.8) is 0 Å². The van der Waals surface area contributed by atoms with Crippen molar-refractivity contribution >= 4 is 11.0 Å². The zero-order valence-corrected chi connectivity index (χ0v) is 12.7. The molecule has 1 spiro atoms. The lowest BCUT2D eigenvalue weighted by Crippen LogP contribution is -2.55.